The number of hydrogen-bond acceptors (Lipinski definition) is 4. The minimum Gasteiger partial charge on any atom is -0.354 e. The van der Waals surface area contributed by atoms with Crippen LogP contribution in [0.2, 0.25) is 0 Å². The summed E-state index contributed by atoms with van der Waals surface area (Å²) in [5.41, 5.74) is 0.0937. The van der Waals surface area contributed by atoms with Crippen LogP contribution in [0.15, 0.2) is 23.1 Å². The van der Waals surface area contributed by atoms with Crippen molar-refractivity contribution in [1.82, 2.24) is 14.8 Å². The third kappa shape index (κ3) is 4.37. The Morgan fingerprint density at radius 3 is 2.83 bits per heavy atom. The summed E-state index contributed by atoms with van der Waals surface area (Å²) in [6.07, 6.45) is 2.48. The molecule has 0 bridgehead atoms. The maximum absolute atomic E-state index is 12.6. The highest BCUT2D eigenvalue weighted by Crippen LogP contribution is 2.23. The van der Waals surface area contributed by atoms with Gasteiger partial charge in [-0.1, -0.05) is 13.8 Å². The van der Waals surface area contributed by atoms with Gasteiger partial charge in [0.15, 0.2) is 0 Å². The summed E-state index contributed by atoms with van der Waals surface area (Å²) in [7, 11) is 1.63. The molecule has 1 aromatic rings. The Bertz CT molecular complexity index is 642. The van der Waals surface area contributed by atoms with Crippen LogP contribution in [0, 0.1) is 5.92 Å². The van der Waals surface area contributed by atoms with Gasteiger partial charge in [0, 0.05) is 37.2 Å². The van der Waals surface area contributed by atoms with E-state index in [0.29, 0.717) is 29.7 Å². The molecule has 2 rings (SSSR count). The Balaban J connectivity index is 2.05. The van der Waals surface area contributed by atoms with Crippen LogP contribution in [0.3, 0.4) is 0 Å². The maximum Gasteiger partial charge on any atom is 0.255 e. The van der Waals surface area contributed by atoms with Crippen LogP contribution in [0.25, 0.3) is 0 Å². The van der Waals surface area contributed by atoms with E-state index in [1.807, 2.05) is 0 Å². The molecule has 1 aromatic heterocycles. The molecule has 0 saturated carbocycles. The summed E-state index contributed by atoms with van der Waals surface area (Å²) < 4.78 is 1.41. The summed E-state index contributed by atoms with van der Waals surface area (Å²) in [5.74, 6) is 1.19. The molecule has 0 radical (unpaired) electrons. The van der Waals surface area contributed by atoms with E-state index in [0.717, 1.165) is 6.42 Å². The van der Waals surface area contributed by atoms with Gasteiger partial charge in [-0.15, -0.1) is 11.8 Å². The van der Waals surface area contributed by atoms with Gasteiger partial charge >= 0.3 is 0 Å². The highest BCUT2D eigenvalue weighted by molar-refractivity contribution is 7.99. The zero-order valence-electron chi connectivity index (χ0n) is 13.7. The van der Waals surface area contributed by atoms with Crippen molar-refractivity contribution >= 4 is 23.6 Å². The van der Waals surface area contributed by atoms with Gasteiger partial charge in [-0.25, -0.2) is 0 Å². The van der Waals surface area contributed by atoms with Crippen LogP contribution in [0.1, 0.15) is 30.6 Å². The van der Waals surface area contributed by atoms with Gasteiger partial charge in [0.1, 0.15) is 6.04 Å². The number of thioether (sulfide) groups is 1. The Morgan fingerprint density at radius 1 is 1.43 bits per heavy atom. The predicted molar refractivity (Wildman–Crippen MR) is 91.4 cm³/mol. The van der Waals surface area contributed by atoms with Gasteiger partial charge in [0.05, 0.1) is 5.88 Å². The summed E-state index contributed by atoms with van der Waals surface area (Å²) in [5, 5.41) is 2.90. The second-order valence-corrected chi connectivity index (χ2v) is 7.13. The molecule has 2 heterocycles. The molecule has 1 aliphatic heterocycles. The normalized spacial score (nSPS) is 17.6. The summed E-state index contributed by atoms with van der Waals surface area (Å²) in [6, 6.07) is 2.46. The molecule has 0 spiro atoms. The molecule has 1 fully saturated rings. The number of amides is 2. The lowest BCUT2D eigenvalue weighted by Crippen LogP contribution is -2.47. The van der Waals surface area contributed by atoms with Crippen LogP contribution in [0.4, 0.5) is 0 Å². The molecule has 1 aliphatic rings. The van der Waals surface area contributed by atoms with Crippen molar-refractivity contribution in [1.29, 1.82) is 0 Å². The molecule has 0 aromatic carbocycles. The van der Waals surface area contributed by atoms with Crippen LogP contribution >= 0.6 is 11.8 Å². The van der Waals surface area contributed by atoms with E-state index in [9.17, 15) is 14.4 Å². The standard InChI is InChI=1S/C16H23N3O3S/c1-11(2)4-6-17-15(21)13-9-23-10-19(13)16(22)12-5-7-18(3)14(20)8-12/h5,7-8,11,13H,4,6,9-10H2,1-3H3,(H,17,21). The average Bonchev–Trinajstić information content (AvgIpc) is 2.98. The van der Waals surface area contributed by atoms with Crippen molar-refractivity contribution in [3.05, 3.63) is 34.2 Å². The number of hydrogen-bond donors (Lipinski definition) is 1. The first kappa shape index (κ1) is 17.6. The zero-order chi connectivity index (χ0) is 17.0. The number of rotatable bonds is 5. The van der Waals surface area contributed by atoms with Crippen molar-refractivity contribution in [2.75, 3.05) is 18.2 Å². The molecule has 7 heteroatoms. The molecule has 0 aliphatic carbocycles. The van der Waals surface area contributed by atoms with Gasteiger partial charge < -0.3 is 14.8 Å². The fraction of sp³-hybridized carbons (Fsp3) is 0.562. The van der Waals surface area contributed by atoms with Crippen molar-refractivity contribution in [2.45, 2.75) is 26.3 Å². The zero-order valence-corrected chi connectivity index (χ0v) is 14.6. The lowest BCUT2D eigenvalue weighted by Gasteiger charge is -2.23. The molecule has 23 heavy (non-hydrogen) atoms. The molecule has 1 unspecified atom stereocenters. The summed E-state index contributed by atoms with van der Waals surface area (Å²) in [4.78, 5) is 38.1. The molecule has 1 atom stereocenters. The van der Waals surface area contributed by atoms with Gasteiger partial charge in [0.25, 0.3) is 11.5 Å². The number of nitrogens with zero attached hydrogens (tertiary/aromatic N) is 2. The van der Waals surface area contributed by atoms with Gasteiger partial charge in [0.2, 0.25) is 5.91 Å². The lowest BCUT2D eigenvalue weighted by molar-refractivity contribution is -0.124. The van der Waals surface area contributed by atoms with Crippen LogP contribution in [-0.2, 0) is 11.8 Å². The molecule has 1 N–H and O–H groups in total. The van der Waals surface area contributed by atoms with Gasteiger partial charge in [-0.3, -0.25) is 14.4 Å². The van der Waals surface area contributed by atoms with E-state index < -0.39 is 6.04 Å². The summed E-state index contributed by atoms with van der Waals surface area (Å²) in [6.45, 7) is 4.82. The average molecular weight is 337 g/mol. The largest absolute Gasteiger partial charge is 0.354 e. The first-order chi connectivity index (χ1) is 10.9. The van der Waals surface area contributed by atoms with Crippen LogP contribution in [0.5, 0.6) is 0 Å². The van der Waals surface area contributed by atoms with E-state index >= 15 is 0 Å². The minimum absolute atomic E-state index is 0.118. The quantitative estimate of drug-likeness (QED) is 0.872. The Kier molecular flexibility index (Phi) is 5.87. The van der Waals surface area contributed by atoms with Crippen molar-refractivity contribution in [3.63, 3.8) is 0 Å². The third-order valence-corrected chi connectivity index (χ3v) is 4.83. The highest BCUT2D eigenvalue weighted by atomic mass is 32.2. The van der Waals surface area contributed by atoms with Crippen molar-refractivity contribution in [3.8, 4) is 0 Å². The predicted octanol–water partition coefficient (Wildman–Crippen LogP) is 1.06. The fourth-order valence-corrected chi connectivity index (χ4v) is 3.46. The van der Waals surface area contributed by atoms with E-state index in [1.54, 1.807) is 36.0 Å². The van der Waals surface area contributed by atoms with E-state index in [-0.39, 0.29) is 17.4 Å². The number of aromatic nitrogens is 1. The number of carbonyl (C=O) groups is 2. The number of nitrogens with one attached hydrogen (secondary N) is 1. The maximum atomic E-state index is 12.6. The molecule has 1 saturated heterocycles. The minimum atomic E-state index is -0.469. The fourth-order valence-electron chi connectivity index (χ4n) is 2.31. The molecular formula is C16H23N3O3S. The van der Waals surface area contributed by atoms with E-state index in [2.05, 4.69) is 19.2 Å². The molecule has 6 nitrogen and oxygen atoms in total. The third-order valence-electron chi connectivity index (χ3n) is 3.82. The first-order valence-corrected chi connectivity index (χ1v) is 8.88. The van der Waals surface area contributed by atoms with E-state index in [1.165, 1.54) is 10.6 Å². The number of carbonyl (C=O) groups excluding carboxylic acids is 2. The monoisotopic (exact) mass is 337 g/mol. The lowest BCUT2D eigenvalue weighted by atomic mass is 10.1. The summed E-state index contributed by atoms with van der Waals surface area (Å²) >= 11 is 1.55. The Labute approximate surface area is 140 Å². The van der Waals surface area contributed by atoms with Crippen molar-refractivity contribution in [2.24, 2.45) is 13.0 Å². The second kappa shape index (κ2) is 7.68. The number of aryl methyl sites for hydroxylation is 1. The van der Waals surface area contributed by atoms with Crippen molar-refractivity contribution < 1.29 is 9.59 Å². The molecule has 2 amide bonds. The Morgan fingerprint density at radius 2 is 2.17 bits per heavy atom. The molecule has 126 valence electrons. The smallest absolute Gasteiger partial charge is 0.255 e. The Hall–Kier alpha value is -1.76. The highest BCUT2D eigenvalue weighted by Gasteiger charge is 2.35. The van der Waals surface area contributed by atoms with Gasteiger partial charge in [-0.2, -0.15) is 0 Å². The topological polar surface area (TPSA) is 71.4 Å². The molecular weight excluding hydrogens is 314 g/mol. The van der Waals surface area contributed by atoms with Crippen LogP contribution in [-0.4, -0.2) is 45.5 Å². The van der Waals surface area contributed by atoms with E-state index in [4.69, 9.17) is 0 Å². The van der Waals surface area contributed by atoms with Gasteiger partial charge in [-0.05, 0) is 18.4 Å². The number of pyridine rings is 1. The second-order valence-electron chi connectivity index (χ2n) is 6.13. The SMILES string of the molecule is CC(C)CCNC(=O)C1CSCN1C(=O)c1ccn(C)c(=O)c1. The van der Waals surface area contributed by atoms with Crippen LogP contribution < -0.4 is 10.9 Å². The first-order valence-electron chi connectivity index (χ1n) is 7.73.